The first-order valence-corrected chi connectivity index (χ1v) is 26.5. The Balaban J connectivity index is 1.27. The lowest BCUT2D eigenvalue weighted by Gasteiger charge is -2.48. The summed E-state index contributed by atoms with van der Waals surface area (Å²) in [6.45, 7) is 33.6. The molecule has 0 radical (unpaired) electrons. The van der Waals surface area contributed by atoms with E-state index < -0.39 is 6.85 Å². The maximum atomic E-state index is 9.31. The molecule has 3 heterocycles. The van der Waals surface area contributed by atoms with Gasteiger partial charge in [0, 0.05) is 52.7 Å². The Bertz CT molecular complexity index is 3460. The van der Waals surface area contributed by atoms with Crippen LogP contribution in [-0.4, -0.2) is 6.71 Å². The van der Waals surface area contributed by atoms with Gasteiger partial charge in [-0.2, -0.15) is 0 Å². The van der Waals surface area contributed by atoms with E-state index in [2.05, 4.69) is 205 Å². The molecule has 348 valence electrons. The third kappa shape index (κ3) is 6.13. The summed E-state index contributed by atoms with van der Waals surface area (Å²) in [6, 6.07) is 35.4. The first kappa shape index (κ1) is 41.0. The highest BCUT2D eigenvalue weighted by atomic mass is 32.1. The highest BCUT2D eigenvalue weighted by molar-refractivity contribution is 7.26. The topological polar surface area (TPSA) is 6.48 Å². The van der Waals surface area contributed by atoms with Gasteiger partial charge in [-0.15, -0.1) is 11.3 Å². The number of hydrogen-bond acceptors (Lipinski definition) is 3. The summed E-state index contributed by atoms with van der Waals surface area (Å²) in [4.78, 5) is 5.04. The number of rotatable bonds is 2. The van der Waals surface area contributed by atoms with Crippen LogP contribution in [-0.2, 0) is 37.9 Å². The molecule has 0 amide bonds. The summed E-state index contributed by atoms with van der Waals surface area (Å²) in [7, 11) is 0. The second kappa shape index (κ2) is 13.7. The zero-order valence-corrected chi connectivity index (χ0v) is 44.4. The Labute approximate surface area is 416 Å². The second-order valence-corrected chi connectivity index (χ2v) is 27.9. The minimum absolute atomic E-state index is 0.0194. The standard InChI is InChI=1S/C64H73BN2S/c1-37-29-52-56-53(30-37)67(49-24-23-41(58(2,3)4)57-55(49)39-19-17-18-20-54(39)68-57)51-35-46-44(63(13,14)36-64(46,15)16)33-48(51)65(56)47-32-43-45(62(11,12)28-27-61(43,9)10)34-50(47)66(52)38-21-22-40-42(31-38)60(7,8)26-25-59(40,5)6/h17-24,29-35H,25-28,36H2,1-16H3/i1D3. The Morgan fingerprint density at radius 3 is 1.63 bits per heavy atom. The zero-order chi connectivity index (χ0) is 50.7. The molecule has 7 aromatic rings. The van der Waals surface area contributed by atoms with Gasteiger partial charge in [0.2, 0.25) is 0 Å². The third-order valence-electron chi connectivity index (χ3n) is 18.2. The fraction of sp³-hybridized carbons (Fsp3) is 0.438. The number of nitrogens with zero attached hydrogens (tertiary/aromatic N) is 2. The summed E-state index contributed by atoms with van der Waals surface area (Å²) in [5, 5.41) is 2.48. The molecule has 0 spiro atoms. The summed E-state index contributed by atoms with van der Waals surface area (Å²) < 4.78 is 30.5. The third-order valence-corrected chi connectivity index (χ3v) is 19.4. The van der Waals surface area contributed by atoms with E-state index in [0.29, 0.717) is 5.56 Å². The van der Waals surface area contributed by atoms with Crippen LogP contribution in [0.15, 0.2) is 91.0 Å². The average Bonchev–Trinajstić information content (AvgIpc) is 3.75. The van der Waals surface area contributed by atoms with Crippen molar-refractivity contribution >= 4 is 88.7 Å². The van der Waals surface area contributed by atoms with E-state index in [-0.39, 0.29) is 44.6 Å². The normalized spacial score (nSPS) is 21.5. The van der Waals surface area contributed by atoms with Crippen LogP contribution in [0.5, 0.6) is 0 Å². The van der Waals surface area contributed by atoms with Crippen molar-refractivity contribution in [3.05, 3.63) is 136 Å². The van der Waals surface area contributed by atoms with Crippen molar-refractivity contribution in [3.63, 3.8) is 0 Å². The molecule has 2 aliphatic heterocycles. The summed E-state index contributed by atoms with van der Waals surface area (Å²) in [5.74, 6) is 0. The average molecular weight is 916 g/mol. The molecule has 5 aliphatic rings. The predicted octanol–water partition coefficient (Wildman–Crippen LogP) is 16.4. The molecule has 2 nitrogen and oxygen atoms in total. The first-order chi connectivity index (χ1) is 32.9. The molecule has 4 heteroatoms. The van der Waals surface area contributed by atoms with Gasteiger partial charge in [-0.25, -0.2) is 0 Å². The van der Waals surface area contributed by atoms with Crippen molar-refractivity contribution in [2.24, 2.45) is 0 Å². The van der Waals surface area contributed by atoms with Crippen LogP contribution in [0.3, 0.4) is 0 Å². The van der Waals surface area contributed by atoms with Crippen molar-refractivity contribution in [2.45, 2.75) is 181 Å². The van der Waals surface area contributed by atoms with Crippen molar-refractivity contribution in [3.8, 4) is 0 Å². The van der Waals surface area contributed by atoms with Gasteiger partial charge in [0.1, 0.15) is 0 Å². The fourth-order valence-corrected chi connectivity index (χ4v) is 15.8. The lowest BCUT2D eigenvalue weighted by molar-refractivity contribution is 0.332. The van der Waals surface area contributed by atoms with Gasteiger partial charge in [0.25, 0.3) is 6.71 Å². The molecule has 0 fully saturated rings. The van der Waals surface area contributed by atoms with Crippen molar-refractivity contribution in [2.75, 3.05) is 9.80 Å². The Morgan fingerprint density at radius 1 is 0.515 bits per heavy atom. The van der Waals surface area contributed by atoms with Crippen LogP contribution in [0.2, 0.25) is 0 Å². The van der Waals surface area contributed by atoms with E-state index >= 15 is 0 Å². The molecule has 3 aliphatic carbocycles. The monoisotopic (exact) mass is 916 g/mol. The summed E-state index contributed by atoms with van der Waals surface area (Å²) in [6.07, 6.45) is 5.53. The van der Waals surface area contributed by atoms with Gasteiger partial charge in [0.05, 0.1) is 5.69 Å². The molecule has 0 unspecified atom stereocenters. The van der Waals surface area contributed by atoms with Crippen LogP contribution in [0.4, 0.5) is 34.1 Å². The molecule has 1 aromatic heterocycles. The van der Waals surface area contributed by atoms with E-state index in [1.165, 1.54) is 81.2 Å². The molecule has 0 bridgehead atoms. The van der Waals surface area contributed by atoms with Crippen LogP contribution >= 0.6 is 11.3 Å². The molecular formula is C64H73BN2S. The molecule has 6 aromatic carbocycles. The van der Waals surface area contributed by atoms with Crippen LogP contribution < -0.4 is 26.2 Å². The van der Waals surface area contributed by atoms with Gasteiger partial charge < -0.3 is 9.80 Å². The molecule has 0 saturated heterocycles. The summed E-state index contributed by atoms with van der Waals surface area (Å²) in [5.41, 5.74) is 20.3. The fourth-order valence-electron chi connectivity index (χ4n) is 14.4. The number of benzene rings is 6. The van der Waals surface area contributed by atoms with Crippen LogP contribution in [0, 0.1) is 6.85 Å². The summed E-state index contributed by atoms with van der Waals surface area (Å²) >= 11 is 1.89. The maximum absolute atomic E-state index is 9.31. The van der Waals surface area contributed by atoms with E-state index in [0.717, 1.165) is 60.5 Å². The molecular weight excluding hydrogens is 840 g/mol. The van der Waals surface area contributed by atoms with Crippen LogP contribution in [0.25, 0.3) is 20.2 Å². The number of anilines is 6. The zero-order valence-electron chi connectivity index (χ0n) is 46.6. The number of thiophene rings is 1. The van der Waals surface area contributed by atoms with Gasteiger partial charge in [0.15, 0.2) is 0 Å². The highest BCUT2D eigenvalue weighted by Gasteiger charge is 2.50. The van der Waals surface area contributed by atoms with Crippen LogP contribution in [0.1, 0.15) is 185 Å². The molecule has 68 heavy (non-hydrogen) atoms. The van der Waals surface area contributed by atoms with Gasteiger partial charge in [-0.05, 0) is 186 Å². The quantitative estimate of drug-likeness (QED) is 0.159. The lowest BCUT2D eigenvalue weighted by atomic mass is 9.33. The number of hydrogen-bond donors (Lipinski definition) is 0. The Kier molecular flexibility index (Phi) is 8.29. The molecule has 12 rings (SSSR count). The first-order valence-electron chi connectivity index (χ1n) is 27.2. The minimum Gasteiger partial charge on any atom is -0.311 e. The SMILES string of the molecule is [2H]C([2H])([2H])c1cc2c3c(c1)N(c1ccc(C(C)(C)C)c4sc5ccccc5c14)c1cc4c(cc1B3c1cc3c(cc1N2c1ccc2c(c1)C(C)(C)CCC2(C)C)C(C)(C)CCC3(C)C)C(C)(C)CC4(C)C. The number of fused-ring (bicyclic) bond motifs is 10. The lowest BCUT2D eigenvalue weighted by Crippen LogP contribution is -2.62. The Morgan fingerprint density at radius 2 is 1.03 bits per heavy atom. The highest BCUT2D eigenvalue weighted by Crippen LogP contribution is 2.56. The maximum Gasteiger partial charge on any atom is 0.252 e. The van der Waals surface area contributed by atoms with E-state index in [1.807, 2.05) is 11.3 Å². The van der Waals surface area contributed by atoms with Gasteiger partial charge in [-0.1, -0.05) is 146 Å². The molecule has 0 saturated carbocycles. The van der Waals surface area contributed by atoms with Crippen molar-refractivity contribution in [1.82, 2.24) is 0 Å². The molecule has 0 atom stereocenters. The largest absolute Gasteiger partial charge is 0.311 e. The smallest absolute Gasteiger partial charge is 0.252 e. The van der Waals surface area contributed by atoms with Gasteiger partial charge in [-0.3, -0.25) is 0 Å². The van der Waals surface area contributed by atoms with Crippen molar-refractivity contribution in [1.29, 1.82) is 0 Å². The van der Waals surface area contributed by atoms with E-state index in [4.69, 9.17) is 0 Å². The van der Waals surface area contributed by atoms with E-state index in [1.54, 1.807) is 0 Å². The minimum atomic E-state index is -2.37. The van der Waals surface area contributed by atoms with E-state index in [9.17, 15) is 4.11 Å². The van der Waals surface area contributed by atoms with Crippen molar-refractivity contribution < 1.29 is 4.11 Å². The Hall–Kier alpha value is -4.80. The molecule has 0 N–H and O–H groups in total. The number of aryl methyl sites for hydroxylation is 1. The predicted molar refractivity (Wildman–Crippen MR) is 298 cm³/mol. The van der Waals surface area contributed by atoms with Gasteiger partial charge >= 0.3 is 0 Å². The second-order valence-electron chi connectivity index (χ2n) is 26.8.